The summed E-state index contributed by atoms with van der Waals surface area (Å²) >= 11 is 0. The summed E-state index contributed by atoms with van der Waals surface area (Å²) in [7, 11) is 0. The minimum Gasteiger partial charge on any atom is -0.385 e. The van der Waals surface area contributed by atoms with Crippen molar-refractivity contribution in [2.24, 2.45) is 0 Å². The molecule has 4 heteroatoms. The molecule has 1 heterocycles. The number of aromatic amines is 1. The summed E-state index contributed by atoms with van der Waals surface area (Å²) in [6.07, 6.45) is 3.71. The van der Waals surface area contributed by atoms with Crippen molar-refractivity contribution in [2.45, 2.75) is 13.5 Å². The summed E-state index contributed by atoms with van der Waals surface area (Å²) in [5, 5.41) is 6.08. The van der Waals surface area contributed by atoms with Crippen LogP contribution in [-0.2, 0) is 6.54 Å². The Morgan fingerprint density at radius 1 is 1.28 bits per heavy atom. The monoisotopic (exact) mass is 243 g/mol. The number of amides is 1. The molecule has 0 atom stereocenters. The number of benzene rings is 1. The lowest BCUT2D eigenvalue weighted by atomic mass is 10.1. The molecule has 0 radical (unpaired) electrons. The van der Waals surface area contributed by atoms with Crippen molar-refractivity contribution in [1.29, 1.82) is 0 Å². The molecule has 0 aliphatic heterocycles. The number of para-hydroxylation sites is 1. The summed E-state index contributed by atoms with van der Waals surface area (Å²) in [5.41, 5.74) is 2.60. The smallest absolute Gasteiger partial charge is 0.253 e. The van der Waals surface area contributed by atoms with Crippen LogP contribution in [0.1, 0.15) is 22.8 Å². The van der Waals surface area contributed by atoms with E-state index in [1.165, 1.54) is 0 Å². The van der Waals surface area contributed by atoms with Gasteiger partial charge in [-0.2, -0.15) is 0 Å². The number of H-pyrrole nitrogens is 1. The third-order valence-electron chi connectivity index (χ3n) is 2.65. The number of carbonyl (C=O) groups excluding carboxylic acids is 1. The van der Waals surface area contributed by atoms with Gasteiger partial charge in [-0.3, -0.25) is 4.79 Å². The van der Waals surface area contributed by atoms with Gasteiger partial charge in [-0.05, 0) is 30.7 Å². The molecule has 18 heavy (non-hydrogen) atoms. The summed E-state index contributed by atoms with van der Waals surface area (Å²) in [4.78, 5) is 15.0. The Morgan fingerprint density at radius 3 is 2.83 bits per heavy atom. The molecule has 0 spiro atoms. The van der Waals surface area contributed by atoms with Crippen molar-refractivity contribution < 1.29 is 4.79 Å². The van der Waals surface area contributed by atoms with Gasteiger partial charge in [-0.25, -0.2) is 0 Å². The second kappa shape index (κ2) is 5.91. The number of nitrogens with one attached hydrogen (secondary N) is 3. The van der Waals surface area contributed by atoms with Gasteiger partial charge in [0.25, 0.3) is 5.91 Å². The molecule has 0 unspecified atom stereocenters. The van der Waals surface area contributed by atoms with Gasteiger partial charge in [0.1, 0.15) is 0 Å². The highest BCUT2D eigenvalue weighted by Crippen LogP contribution is 2.14. The van der Waals surface area contributed by atoms with Crippen LogP contribution in [-0.4, -0.2) is 17.4 Å². The highest BCUT2D eigenvalue weighted by molar-refractivity contribution is 5.99. The van der Waals surface area contributed by atoms with E-state index >= 15 is 0 Å². The molecule has 1 aromatic heterocycles. The van der Waals surface area contributed by atoms with Gasteiger partial charge < -0.3 is 15.6 Å². The van der Waals surface area contributed by atoms with Crippen LogP contribution in [0.5, 0.6) is 0 Å². The molecule has 0 aliphatic rings. The van der Waals surface area contributed by atoms with Crippen molar-refractivity contribution in [3.63, 3.8) is 0 Å². The molecule has 2 rings (SSSR count). The maximum Gasteiger partial charge on any atom is 0.253 e. The van der Waals surface area contributed by atoms with Crippen molar-refractivity contribution in [2.75, 3.05) is 11.9 Å². The van der Waals surface area contributed by atoms with Crippen LogP contribution in [0.2, 0.25) is 0 Å². The number of aromatic nitrogens is 1. The van der Waals surface area contributed by atoms with Crippen molar-refractivity contribution in [3.05, 3.63) is 53.9 Å². The summed E-state index contributed by atoms with van der Waals surface area (Å²) in [5.74, 6) is -0.0623. The lowest BCUT2D eigenvalue weighted by Gasteiger charge is -2.10. The van der Waals surface area contributed by atoms with E-state index in [0.29, 0.717) is 12.1 Å². The molecule has 0 fully saturated rings. The number of hydrogen-bond donors (Lipinski definition) is 3. The van der Waals surface area contributed by atoms with Crippen molar-refractivity contribution >= 4 is 11.6 Å². The van der Waals surface area contributed by atoms with E-state index in [4.69, 9.17) is 0 Å². The molecule has 0 bridgehead atoms. The minimum atomic E-state index is -0.0623. The fourth-order valence-electron chi connectivity index (χ4n) is 1.77. The number of carbonyl (C=O) groups is 1. The molecule has 3 N–H and O–H groups in total. The van der Waals surface area contributed by atoms with E-state index < -0.39 is 0 Å². The average Bonchev–Trinajstić information content (AvgIpc) is 2.90. The molecule has 0 aliphatic carbocycles. The maximum absolute atomic E-state index is 12.1. The Kier molecular flexibility index (Phi) is 4.02. The lowest BCUT2D eigenvalue weighted by molar-refractivity contribution is 0.0951. The SMILES string of the molecule is CCNc1ccccc1C(=O)NCc1cc[nH]c1. The number of anilines is 1. The first-order valence-electron chi connectivity index (χ1n) is 6.04. The van der Waals surface area contributed by atoms with Crippen LogP contribution in [0.3, 0.4) is 0 Å². The second-order valence-electron chi connectivity index (χ2n) is 3.98. The van der Waals surface area contributed by atoms with E-state index in [-0.39, 0.29) is 5.91 Å². The Bertz CT molecular complexity index is 506. The third kappa shape index (κ3) is 2.91. The third-order valence-corrected chi connectivity index (χ3v) is 2.65. The normalized spacial score (nSPS) is 10.1. The topological polar surface area (TPSA) is 56.9 Å². The highest BCUT2D eigenvalue weighted by Gasteiger charge is 2.09. The standard InChI is InChI=1S/C14H17N3O/c1-2-16-13-6-4-3-5-12(13)14(18)17-10-11-7-8-15-9-11/h3-9,15-16H,2,10H2,1H3,(H,17,18). The fourth-order valence-corrected chi connectivity index (χ4v) is 1.77. The van der Waals surface area contributed by atoms with Crippen LogP contribution in [0.25, 0.3) is 0 Å². The summed E-state index contributed by atoms with van der Waals surface area (Å²) < 4.78 is 0. The van der Waals surface area contributed by atoms with E-state index in [2.05, 4.69) is 15.6 Å². The second-order valence-corrected chi connectivity index (χ2v) is 3.98. The quantitative estimate of drug-likeness (QED) is 0.755. The summed E-state index contributed by atoms with van der Waals surface area (Å²) in [6.45, 7) is 3.33. The summed E-state index contributed by atoms with van der Waals surface area (Å²) in [6, 6.07) is 9.46. The molecule has 94 valence electrons. The van der Waals surface area contributed by atoms with Gasteiger partial charge in [0.05, 0.1) is 5.56 Å². The molecule has 1 aromatic carbocycles. The lowest BCUT2D eigenvalue weighted by Crippen LogP contribution is -2.23. The average molecular weight is 243 g/mol. The Morgan fingerprint density at radius 2 is 2.11 bits per heavy atom. The van der Waals surface area contributed by atoms with E-state index in [9.17, 15) is 4.79 Å². The van der Waals surface area contributed by atoms with Crippen LogP contribution in [0.4, 0.5) is 5.69 Å². The predicted octanol–water partition coefficient (Wildman–Crippen LogP) is 2.38. The molecule has 0 saturated heterocycles. The maximum atomic E-state index is 12.1. The fraction of sp³-hybridized carbons (Fsp3) is 0.214. The van der Waals surface area contributed by atoms with Crippen molar-refractivity contribution in [3.8, 4) is 0 Å². The van der Waals surface area contributed by atoms with Gasteiger partial charge in [-0.1, -0.05) is 12.1 Å². The zero-order valence-electron chi connectivity index (χ0n) is 10.4. The Labute approximate surface area is 106 Å². The first kappa shape index (κ1) is 12.2. The molecular formula is C14H17N3O. The number of hydrogen-bond acceptors (Lipinski definition) is 2. The first-order chi connectivity index (χ1) is 8.81. The zero-order chi connectivity index (χ0) is 12.8. The van der Waals surface area contributed by atoms with Gasteiger partial charge in [0, 0.05) is 31.2 Å². The van der Waals surface area contributed by atoms with Gasteiger partial charge in [-0.15, -0.1) is 0 Å². The van der Waals surface area contributed by atoms with E-state index in [1.807, 2.05) is 49.6 Å². The van der Waals surface area contributed by atoms with Crippen LogP contribution in [0, 0.1) is 0 Å². The van der Waals surface area contributed by atoms with Gasteiger partial charge in [0.15, 0.2) is 0 Å². The van der Waals surface area contributed by atoms with Gasteiger partial charge in [0.2, 0.25) is 0 Å². The van der Waals surface area contributed by atoms with Crippen LogP contribution in [0.15, 0.2) is 42.7 Å². The highest BCUT2D eigenvalue weighted by atomic mass is 16.1. The Balaban J connectivity index is 2.04. The van der Waals surface area contributed by atoms with Crippen LogP contribution < -0.4 is 10.6 Å². The largest absolute Gasteiger partial charge is 0.385 e. The van der Waals surface area contributed by atoms with E-state index in [0.717, 1.165) is 17.8 Å². The molecule has 4 nitrogen and oxygen atoms in total. The number of rotatable bonds is 5. The molecule has 2 aromatic rings. The molecule has 0 saturated carbocycles. The predicted molar refractivity (Wildman–Crippen MR) is 72.6 cm³/mol. The first-order valence-corrected chi connectivity index (χ1v) is 6.04. The van der Waals surface area contributed by atoms with E-state index in [1.54, 1.807) is 0 Å². The van der Waals surface area contributed by atoms with Crippen molar-refractivity contribution in [1.82, 2.24) is 10.3 Å². The minimum absolute atomic E-state index is 0.0623. The van der Waals surface area contributed by atoms with Gasteiger partial charge >= 0.3 is 0 Å². The molecular weight excluding hydrogens is 226 g/mol. The Hall–Kier alpha value is -2.23. The zero-order valence-corrected chi connectivity index (χ0v) is 10.4. The van der Waals surface area contributed by atoms with Crippen LogP contribution >= 0.6 is 0 Å². The molecule has 1 amide bonds.